The van der Waals surface area contributed by atoms with Crippen LogP contribution in [0.2, 0.25) is 0 Å². The standard InChI is InChI=1S/C9H6O7/c10-7(11)4-2-1-3-5(16-9(14)15)6(4)8(12)13/h1-3H,(H,10,11)(H,12,13)(H,14,15). The Hall–Kier alpha value is -2.57. The van der Waals surface area contributed by atoms with E-state index in [4.69, 9.17) is 15.3 Å². The molecule has 0 aliphatic carbocycles. The summed E-state index contributed by atoms with van der Waals surface area (Å²) in [6.07, 6.45) is -1.72. The van der Waals surface area contributed by atoms with Crippen LogP contribution >= 0.6 is 0 Å². The molecule has 16 heavy (non-hydrogen) atoms. The van der Waals surface area contributed by atoms with Crippen LogP contribution in [0.15, 0.2) is 18.2 Å². The first-order chi connectivity index (χ1) is 7.43. The molecule has 7 nitrogen and oxygen atoms in total. The molecule has 0 atom stereocenters. The van der Waals surface area contributed by atoms with Crippen LogP contribution in [-0.2, 0) is 0 Å². The normalized spacial score (nSPS) is 9.50. The van der Waals surface area contributed by atoms with Crippen LogP contribution in [0.1, 0.15) is 20.7 Å². The van der Waals surface area contributed by atoms with Crippen molar-refractivity contribution in [1.82, 2.24) is 0 Å². The third-order valence-electron chi connectivity index (χ3n) is 1.67. The molecule has 0 saturated carbocycles. The molecule has 0 heterocycles. The van der Waals surface area contributed by atoms with Gasteiger partial charge in [-0.25, -0.2) is 14.4 Å². The van der Waals surface area contributed by atoms with E-state index in [2.05, 4.69) is 4.74 Å². The van der Waals surface area contributed by atoms with E-state index < -0.39 is 35.0 Å². The number of carbonyl (C=O) groups is 3. The van der Waals surface area contributed by atoms with Crippen molar-refractivity contribution in [3.63, 3.8) is 0 Å². The smallest absolute Gasteiger partial charge is 0.478 e. The second-order valence-corrected chi connectivity index (χ2v) is 2.66. The molecule has 0 amide bonds. The molecule has 3 N–H and O–H groups in total. The summed E-state index contributed by atoms with van der Waals surface area (Å²) in [6.45, 7) is 0. The molecule has 0 aliphatic rings. The van der Waals surface area contributed by atoms with Gasteiger partial charge in [-0.1, -0.05) is 6.07 Å². The molecular weight excluding hydrogens is 220 g/mol. The molecule has 7 heteroatoms. The zero-order chi connectivity index (χ0) is 12.3. The quantitative estimate of drug-likeness (QED) is 0.521. The zero-order valence-corrected chi connectivity index (χ0v) is 7.71. The number of carboxylic acids is 2. The minimum atomic E-state index is -1.72. The average molecular weight is 226 g/mol. The van der Waals surface area contributed by atoms with E-state index in [1.54, 1.807) is 0 Å². The molecular formula is C9H6O7. The van der Waals surface area contributed by atoms with Crippen molar-refractivity contribution in [3.8, 4) is 5.75 Å². The lowest BCUT2D eigenvalue weighted by Crippen LogP contribution is -2.13. The van der Waals surface area contributed by atoms with Crippen LogP contribution < -0.4 is 4.74 Å². The van der Waals surface area contributed by atoms with Gasteiger partial charge in [-0.2, -0.15) is 0 Å². The number of ether oxygens (including phenoxy) is 1. The molecule has 1 aromatic carbocycles. The van der Waals surface area contributed by atoms with Gasteiger partial charge in [0.1, 0.15) is 11.3 Å². The Bertz CT molecular complexity index is 463. The summed E-state index contributed by atoms with van der Waals surface area (Å²) in [7, 11) is 0. The number of hydrogen-bond acceptors (Lipinski definition) is 4. The monoisotopic (exact) mass is 226 g/mol. The van der Waals surface area contributed by atoms with Crippen molar-refractivity contribution in [2.24, 2.45) is 0 Å². The highest BCUT2D eigenvalue weighted by Crippen LogP contribution is 2.22. The van der Waals surface area contributed by atoms with E-state index in [9.17, 15) is 14.4 Å². The Morgan fingerprint density at radius 2 is 1.62 bits per heavy atom. The number of benzene rings is 1. The topological polar surface area (TPSA) is 121 Å². The lowest BCUT2D eigenvalue weighted by molar-refractivity contribution is 0.0647. The van der Waals surface area contributed by atoms with Gasteiger partial charge in [0, 0.05) is 0 Å². The number of aromatic carboxylic acids is 2. The SMILES string of the molecule is O=C(O)Oc1cccc(C(=O)O)c1C(=O)O. The van der Waals surface area contributed by atoms with Crippen LogP contribution in [0.5, 0.6) is 5.75 Å². The van der Waals surface area contributed by atoms with E-state index in [-0.39, 0.29) is 0 Å². The van der Waals surface area contributed by atoms with Crippen LogP contribution in [0.25, 0.3) is 0 Å². The number of hydrogen-bond donors (Lipinski definition) is 3. The van der Waals surface area contributed by atoms with Crippen molar-refractivity contribution < 1.29 is 34.4 Å². The fourth-order valence-electron chi connectivity index (χ4n) is 1.11. The molecule has 0 fully saturated rings. The minimum absolute atomic E-state index is 0.528. The summed E-state index contributed by atoms with van der Waals surface area (Å²) in [5.41, 5.74) is -1.23. The van der Waals surface area contributed by atoms with Crippen LogP contribution in [0, 0.1) is 0 Å². The van der Waals surface area contributed by atoms with Gasteiger partial charge in [0.25, 0.3) is 0 Å². The van der Waals surface area contributed by atoms with Crippen molar-refractivity contribution >= 4 is 18.1 Å². The Balaban J connectivity index is 3.38. The highest BCUT2D eigenvalue weighted by molar-refractivity contribution is 6.04. The Kier molecular flexibility index (Phi) is 3.09. The van der Waals surface area contributed by atoms with Crippen molar-refractivity contribution in [1.29, 1.82) is 0 Å². The second-order valence-electron chi connectivity index (χ2n) is 2.66. The molecule has 1 rings (SSSR count). The predicted octanol–water partition coefficient (Wildman–Crippen LogP) is 1.14. The van der Waals surface area contributed by atoms with Crippen molar-refractivity contribution in [3.05, 3.63) is 29.3 Å². The van der Waals surface area contributed by atoms with Gasteiger partial charge in [0.2, 0.25) is 0 Å². The summed E-state index contributed by atoms with van der Waals surface area (Å²) >= 11 is 0. The first-order valence-corrected chi connectivity index (χ1v) is 3.94. The van der Waals surface area contributed by atoms with E-state index in [1.165, 1.54) is 6.07 Å². The molecule has 0 aliphatic heterocycles. The van der Waals surface area contributed by atoms with Crippen LogP contribution in [0.4, 0.5) is 4.79 Å². The average Bonchev–Trinajstić information content (AvgIpc) is 2.15. The van der Waals surface area contributed by atoms with Gasteiger partial charge < -0.3 is 20.1 Å². The fourth-order valence-corrected chi connectivity index (χ4v) is 1.11. The first-order valence-electron chi connectivity index (χ1n) is 3.94. The third-order valence-corrected chi connectivity index (χ3v) is 1.67. The largest absolute Gasteiger partial charge is 0.511 e. The molecule has 1 aromatic rings. The van der Waals surface area contributed by atoms with Crippen molar-refractivity contribution in [2.75, 3.05) is 0 Å². The summed E-state index contributed by atoms with van der Waals surface area (Å²) in [4.78, 5) is 31.8. The Labute approximate surface area is 88.5 Å². The molecule has 0 radical (unpaired) electrons. The van der Waals surface area contributed by atoms with Crippen molar-refractivity contribution in [2.45, 2.75) is 0 Å². The second kappa shape index (κ2) is 4.30. The number of carboxylic acid groups (broad SMARTS) is 3. The van der Waals surface area contributed by atoms with E-state index in [0.29, 0.717) is 0 Å². The summed E-state index contributed by atoms with van der Waals surface area (Å²) in [6, 6.07) is 3.29. The van der Waals surface area contributed by atoms with Crippen LogP contribution in [0.3, 0.4) is 0 Å². The molecule has 84 valence electrons. The summed E-state index contributed by atoms with van der Waals surface area (Å²) in [5, 5.41) is 25.8. The zero-order valence-electron chi connectivity index (χ0n) is 7.71. The maximum Gasteiger partial charge on any atom is 0.511 e. The summed E-state index contributed by atoms with van der Waals surface area (Å²) in [5.74, 6) is -3.58. The van der Waals surface area contributed by atoms with E-state index >= 15 is 0 Å². The lowest BCUT2D eigenvalue weighted by Gasteiger charge is -2.06. The third kappa shape index (κ3) is 2.27. The lowest BCUT2D eigenvalue weighted by atomic mass is 10.1. The van der Waals surface area contributed by atoms with Gasteiger partial charge >= 0.3 is 18.1 Å². The maximum atomic E-state index is 10.8. The molecule has 0 unspecified atom stereocenters. The highest BCUT2D eigenvalue weighted by Gasteiger charge is 2.22. The van der Waals surface area contributed by atoms with Gasteiger partial charge in [-0.3, -0.25) is 0 Å². The van der Waals surface area contributed by atoms with Gasteiger partial charge in [-0.05, 0) is 12.1 Å². The summed E-state index contributed by atoms with van der Waals surface area (Å²) < 4.78 is 4.17. The van der Waals surface area contributed by atoms with E-state index in [1.807, 2.05) is 0 Å². The predicted molar refractivity (Wildman–Crippen MR) is 49.0 cm³/mol. The molecule has 0 spiro atoms. The maximum absolute atomic E-state index is 10.8. The van der Waals surface area contributed by atoms with Gasteiger partial charge in [-0.15, -0.1) is 0 Å². The minimum Gasteiger partial charge on any atom is -0.478 e. The van der Waals surface area contributed by atoms with E-state index in [0.717, 1.165) is 12.1 Å². The Morgan fingerprint density at radius 3 is 2.06 bits per heavy atom. The highest BCUT2D eigenvalue weighted by atomic mass is 16.7. The molecule has 0 aromatic heterocycles. The molecule has 0 bridgehead atoms. The Morgan fingerprint density at radius 1 is 1.00 bits per heavy atom. The first kappa shape index (κ1) is 11.5. The van der Waals surface area contributed by atoms with Crippen LogP contribution in [-0.4, -0.2) is 33.4 Å². The van der Waals surface area contributed by atoms with Gasteiger partial charge in [0.05, 0.1) is 5.56 Å². The fraction of sp³-hybridized carbons (Fsp3) is 0. The number of rotatable bonds is 3. The molecule has 0 saturated heterocycles. The van der Waals surface area contributed by atoms with Gasteiger partial charge in [0.15, 0.2) is 0 Å².